The van der Waals surface area contributed by atoms with E-state index in [0.29, 0.717) is 0 Å². The monoisotopic (exact) mass is 252 g/mol. The van der Waals surface area contributed by atoms with Crippen LogP contribution in [-0.4, -0.2) is 4.98 Å². The third-order valence-corrected chi connectivity index (χ3v) is 3.58. The van der Waals surface area contributed by atoms with Gasteiger partial charge in [-0.15, -0.1) is 0 Å². The summed E-state index contributed by atoms with van der Waals surface area (Å²) >= 11 is 0. The number of hydrogen-bond acceptors (Lipinski definition) is 1. The van der Waals surface area contributed by atoms with Crippen LogP contribution >= 0.6 is 0 Å². The molecule has 0 saturated carbocycles. The molecule has 1 nitrogen and oxygen atoms in total. The zero-order valence-corrected chi connectivity index (χ0v) is 12.4. The number of nitrogens with zero attached hydrogens (tertiary/aromatic N) is 1. The van der Waals surface area contributed by atoms with Crippen molar-refractivity contribution in [3.05, 3.63) is 52.7 Å². The Morgan fingerprint density at radius 3 is 2.16 bits per heavy atom. The summed E-state index contributed by atoms with van der Waals surface area (Å²) in [4.78, 5) is 4.71. The molecule has 19 heavy (non-hydrogen) atoms. The Balaban J connectivity index is 2.66. The minimum atomic E-state index is 0.988. The second kappa shape index (κ2) is 6.01. The highest BCUT2D eigenvalue weighted by molar-refractivity contribution is 5.68. The predicted octanol–water partition coefficient (Wildman–Crippen LogP) is 4.54. The van der Waals surface area contributed by atoms with Gasteiger partial charge in [0.1, 0.15) is 0 Å². The molecule has 0 fully saturated rings. The first-order valence-electron chi connectivity index (χ1n) is 7.20. The molecule has 0 unspecified atom stereocenters. The Hall–Kier alpha value is -1.63. The van der Waals surface area contributed by atoms with Gasteiger partial charge < -0.3 is 0 Å². The SMILES string of the molecule is CCc1[c]c(C)nc(-c2c(CC)cccc2CC)c1. The first-order valence-corrected chi connectivity index (χ1v) is 7.20. The Morgan fingerprint density at radius 1 is 1.00 bits per heavy atom. The molecule has 1 aromatic carbocycles. The standard InChI is InChI=1S/C18H22N/c1-5-14-11-13(4)19-17(12-14)18-15(6-2)9-8-10-16(18)7-3/h8-10,12H,5-7H2,1-4H3. The van der Waals surface area contributed by atoms with Gasteiger partial charge in [-0.05, 0) is 48.9 Å². The number of pyridine rings is 1. The van der Waals surface area contributed by atoms with Crippen LogP contribution in [0.4, 0.5) is 0 Å². The molecule has 99 valence electrons. The van der Waals surface area contributed by atoms with Crippen LogP contribution in [0.15, 0.2) is 24.3 Å². The number of hydrogen-bond donors (Lipinski definition) is 0. The maximum Gasteiger partial charge on any atom is 0.0713 e. The first kappa shape index (κ1) is 13.8. The van der Waals surface area contributed by atoms with E-state index >= 15 is 0 Å². The van der Waals surface area contributed by atoms with Crippen molar-refractivity contribution in [3.8, 4) is 11.3 Å². The summed E-state index contributed by atoms with van der Waals surface area (Å²) < 4.78 is 0. The Morgan fingerprint density at radius 2 is 1.63 bits per heavy atom. The van der Waals surface area contributed by atoms with E-state index in [2.05, 4.69) is 51.1 Å². The maximum absolute atomic E-state index is 4.71. The van der Waals surface area contributed by atoms with Gasteiger partial charge in [-0.25, -0.2) is 0 Å². The molecule has 0 amide bonds. The van der Waals surface area contributed by atoms with Gasteiger partial charge in [0.05, 0.1) is 5.69 Å². The van der Waals surface area contributed by atoms with E-state index in [-0.39, 0.29) is 0 Å². The predicted molar refractivity (Wildman–Crippen MR) is 81.4 cm³/mol. The minimum Gasteiger partial charge on any atom is -0.252 e. The molecule has 1 aromatic heterocycles. The summed E-state index contributed by atoms with van der Waals surface area (Å²) in [6, 6.07) is 12.1. The Kier molecular flexibility index (Phi) is 4.36. The lowest BCUT2D eigenvalue weighted by Gasteiger charge is -2.14. The van der Waals surface area contributed by atoms with Gasteiger partial charge in [-0.2, -0.15) is 0 Å². The second-order valence-corrected chi connectivity index (χ2v) is 4.89. The average molecular weight is 252 g/mol. The van der Waals surface area contributed by atoms with Crippen LogP contribution in [0.2, 0.25) is 0 Å². The quantitative estimate of drug-likeness (QED) is 0.778. The molecule has 0 aliphatic heterocycles. The molecular formula is C18H22N. The summed E-state index contributed by atoms with van der Waals surface area (Å²) in [5, 5.41) is 0. The lowest BCUT2D eigenvalue weighted by molar-refractivity contribution is 1.05. The highest BCUT2D eigenvalue weighted by atomic mass is 14.7. The maximum atomic E-state index is 4.71. The van der Waals surface area contributed by atoms with Gasteiger partial charge in [0.25, 0.3) is 0 Å². The van der Waals surface area contributed by atoms with E-state index in [4.69, 9.17) is 4.98 Å². The van der Waals surface area contributed by atoms with Crippen LogP contribution in [0.25, 0.3) is 11.3 Å². The zero-order chi connectivity index (χ0) is 13.8. The number of benzene rings is 1. The van der Waals surface area contributed by atoms with Gasteiger partial charge >= 0.3 is 0 Å². The fourth-order valence-electron chi connectivity index (χ4n) is 2.56. The highest BCUT2D eigenvalue weighted by Gasteiger charge is 2.11. The number of aromatic nitrogens is 1. The third kappa shape index (κ3) is 2.86. The van der Waals surface area contributed by atoms with Crippen molar-refractivity contribution >= 4 is 0 Å². The normalized spacial score (nSPS) is 10.7. The highest BCUT2D eigenvalue weighted by Crippen LogP contribution is 2.28. The molecule has 2 aromatic rings. The van der Waals surface area contributed by atoms with Crippen molar-refractivity contribution in [2.24, 2.45) is 0 Å². The summed E-state index contributed by atoms with van der Waals surface area (Å²) in [6.07, 6.45) is 3.10. The number of aryl methyl sites for hydroxylation is 4. The van der Waals surface area contributed by atoms with Crippen molar-refractivity contribution in [3.63, 3.8) is 0 Å². The van der Waals surface area contributed by atoms with Crippen molar-refractivity contribution in [1.82, 2.24) is 4.98 Å². The first-order chi connectivity index (χ1) is 9.19. The van der Waals surface area contributed by atoms with E-state index < -0.39 is 0 Å². The molecule has 1 radical (unpaired) electrons. The van der Waals surface area contributed by atoms with Crippen LogP contribution in [0.3, 0.4) is 0 Å². The fraction of sp³-hybridized carbons (Fsp3) is 0.389. The summed E-state index contributed by atoms with van der Waals surface area (Å²) in [7, 11) is 0. The molecule has 0 N–H and O–H groups in total. The van der Waals surface area contributed by atoms with Gasteiger partial charge in [-0.3, -0.25) is 4.98 Å². The van der Waals surface area contributed by atoms with Crippen LogP contribution in [-0.2, 0) is 19.3 Å². The van der Waals surface area contributed by atoms with Gasteiger partial charge in [-0.1, -0.05) is 39.0 Å². The average Bonchev–Trinajstić information content (AvgIpc) is 2.45. The van der Waals surface area contributed by atoms with Crippen LogP contribution in [0, 0.1) is 13.0 Å². The second-order valence-electron chi connectivity index (χ2n) is 4.89. The molecule has 1 heterocycles. The van der Waals surface area contributed by atoms with Crippen LogP contribution in [0.5, 0.6) is 0 Å². The third-order valence-electron chi connectivity index (χ3n) is 3.58. The van der Waals surface area contributed by atoms with E-state index in [1.165, 1.54) is 22.3 Å². The smallest absolute Gasteiger partial charge is 0.0713 e. The molecule has 1 heteroatoms. The zero-order valence-electron chi connectivity index (χ0n) is 12.4. The molecule has 0 aliphatic rings. The van der Waals surface area contributed by atoms with E-state index in [1.807, 2.05) is 6.92 Å². The fourth-order valence-corrected chi connectivity index (χ4v) is 2.56. The van der Waals surface area contributed by atoms with Crippen molar-refractivity contribution in [2.75, 3.05) is 0 Å². The molecule has 0 spiro atoms. The van der Waals surface area contributed by atoms with Crippen LogP contribution < -0.4 is 0 Å². The molecular weight excluding hydrogens is 230 g/mol. The molecule has 2 rings (SSSR count). The number of rotatable bonds is 4. The Bertz CT molecular complexity index is 548. The van der Waals surface area contributed by atoms with Crippen LogP contribution in [0.1, 0.15) is 43.2 Å². The van der Waals surface area contributed by atoms with Crippen molar-refractivity contribution < 1.29 is 0 Å². The van der Waals surface area contributed by atoms with E-state index in [9.17, 15) is 0 Å². The molecule has 0 saturated heterocycles. The largest absolute Gasteiger partial charge is 0.252 e. The summed E-state index contributed by atoms with van der Waals surface area (Å²) in [5.74, 6) is 0. The van der Waals surface area contributed by atoms with E-state index in [1.54, 1.807) is 0 Å². The molecule has 0 bridgehead atoms. The van der Waals surface area contributed by atoms with Gasteiger partial charge in [0.15, 0.2) is 0 Å². The summed E-state index contributed by atoms with van der Waals surface area (Å²) in [5.41, 5.74) is 7.46. The minimum absolute atomic E-state index is 0.988. The molecule has 0 atom stereocenters. The lowest BCUT2D eigenvalue weighted by Crippen LogP contribution is -1.99. The topological polar surface area (TPSA) is 12.9 Å². The van der Waals surface area contributed by atoms with Crippen molar-refractivity contribution in [2.45, 2.75) is 47.0 Å². The lowest BCUT2D eigenvalue weighted by atomic mass is 9.94. The summed E-state index contributed by atoms with van der Waals surface area (Å²) in [6.45, 7) is 8.62. The Labute approximate surface area is 116 Å². The van der Waals surface area contributed by atoms with Gasteiger partial charge in [0.2, 0.25) is 0 Å². The van der Waals surface area contributed by atoms with Gasteiger partial charge in [0, 0.05) is 17.3 Å². The molecule has 0 aliphatic carbocycles. The van der Waals surface area contributed by atoms with Crippen molar-refractivity contribution in [1.29, 1.82) is 0 Å². The van der Waals surface area contributed by atoms with E-state index in [0.717, 1.165) is 30.7 Å².